The first-order chi connectivity index (χ1) is 13.2. The monoisotopic (exact) mass is 379 g/mol. The van der Waals surface area contributed by atoms with E-state index in [-0.39, 0.29) is 5.91 Å². The normalized spacial score (nSPS) is 12.6. The van der Waals surface area contributed by atoms with Crippen LogP contribution in [0, 0.1) is 0 Å². The number of hydrogen-bond donors (Lipinski definition) is 1. The topological polar surface area (TPSA) is 54.5 Å². The van der Waals surface area contributed by atoms with Gasteiger partial charge in [-0.15, -0.1) is 0 Å². The predicted molar refractivity (Wildman–Crippen MR) is 107 cm³/mol. The van der Waals surface area contributed by atoms with E-state index >= 15 is 0 Å². The highest BCUT2D eigenvalue weighted by molar-refractivity contribution is 6.31. The third-order valence-corrected chi connectivity index (χ3v) is 4.82. The highest BCUT2D eigenvalue weighted by atomic mass is 35.5. The smallest absolute Gasteiger partial charge is 0.274 e. The maximum atomic E-state index is 12.7. The van der Waals surface area contributed by atoms with Crippen LogP contribution in [0.5, 0.6) is 5.75 Å². The summed E-state index contributed by atoms with van der Waals surface area (Å²) in [6.07, 6.45) is 2.64. The Labute approximate surface area is 162 Å². The van der Waals surface area contributed by atoms with E-state index in [9.17, 15) is 4.79 Å². The Morgan fingerprint density at radius 3 is 2.89 bits per heavy atom. The summed E-state index contributed by atoms with van der Waals surface area (Å²) in [6, 6.07) is 17.1. The molecule has 136 valence electrons. The van der Waals surface area contributed by atoms with Crippen LogP contribution in [0.15, 0.2) is 60.8 Å². The number of fused-ring (bicyclic) bond motifs is 1. The fourth-order valence-corrected chi connectivity index (χ4v) is 3.45. The van der Waals surface area contributed by atoms with E-state index in [1.807, 2.05) is 18.2 Å². The average molecular weight is 380 g/mol. The van der Waals surface area contributed by atoms with Crippen LogP contribution in [-0.4, -0.2) is 24.5 Å². The van der Waals surface area contributed by atoms with E-state index in [1.165, 1.54) is 11.3 Å². The molecule has 0 saturated heterocycles. The summed E-state index contributed by atoms with van der Waals surface area (Å²) in [4.78, 5) is 19.1. The van der Waals surface area contributed by atoms with Crippen LogP contribution in [0.25, 0.3) is 0 Å². The standard InChI is InChI=1S/C21H18ClN3O2/c1-27-20-7-6-15(22)12-17(20)24-21(26)18-13-16(8-10-23-18)25-11-9-14-4-2-3-5-19(14)25/h2-8,10,12-13H,9,11H2,1H3,(H,24,26). The number of anilines is 3. The highest BCUT2D eigenvalue weighted by Gasteiger charge is 2.21. The summed E-state index contributed by atoms with van der Waals surface area (Å²) in [7, 11) is 1.54. The van der Waals surface area contributed by atoms with Gasteiger partial charge in [-0.3, -0.25) is 9.78 Å². The van der Waals surface area contributed by atoms with Gasteiger partial charge in [0.15, 0.2) is 0 Å². The Bertz CT molecular complexity index is 1010. The molecule has 27 heavy (non-hydrogen) atoms. The van der Waals surface area contributed by atoms with Crippen molar-refractivity contribution in [1.82, 2.24) is 4.98 Å². The molecule has 1 aliphatic rings. The van der Waals surface area contributed by atoms with Crippen molar-refractivity contribution in [1.29, 1.82) is 0 Å². The fourth-order valence-electron chi connectivity index (χ4n) is 3.28. The molecule has 0 radical (unpaired) electrons. The van der Waals surface area contributed by atoms with E-state index in [1.54, 1.807) is 37.6 Å². The zero-order valence-corrected chi connectivity index (χ0v) is 15.5. The van der Waals surface area contributed by atoms with Crippen LogP contribution in [0.2, 0.25) is 5.02 Å². The van der Waals surface area contributed by atoms with E-state index in [0.29, 0.717) is 22.2 Å². The van der Waals surface area contributed by atoms with Crippen molar-refractivity contribution in [3.63, 3.8) is 0 Å². The van der Waals surface area contributed by atoms with Crippen LogP contribution in [0.3, 0.4) is 0 Å². The van der Waals surface area contributed by atoms with Gasteiger partial charge in [-0.2, -0.15) is 0 Å². The lowest BCUT2D eigenvalue weighted by Gasteiger charge is -2.20. The van der Waals surface area contributed by atoms with Crippen molar-refractivity contribution < 1.29 is 9.53 Å². The Balaban J connectivity index is 1.60. The molecule has 0 fully saturated rings. The number of hydrogen-bond acceptors (Lipinski definition) is 4. The average Bonchev–Trinajstić information content (AvgIpc) is 3.12. The molecular weight excluding hydrogens is 362 g/mol. The summed E-state index contributed by atoms with van der Waals surface area (Å²) < 4.78 is 5.28. The van der Waals surface area contributed by atoms with E-state index in [2.05, 4.69) is 27.3 Å². The first-order valence-corrected chi connectivity index (χ1v) is 9.00. The summed E-state index contributed by atoms with van der Waals surface area (Å²) in [5.41, 5.74) is 4.27. The number of para-hydroxylation sites is 1. The van der Waals surface area contributed by atoms with Gasteiger partial charge in [-0.25, -0.2) is 0 Å². The molecule has 1 aliphatic heterocycles. The molecule has 0 unspecified atom stereocenters. The highest BCUT2D eigenvalue weighted by Crippen LogP contribution is 2.34. The van der Waals surface area contributed by atoms with Gasteiger partial charge >= 0.3 is 0 Å². The predicted octanol–water partition coefficient (Wildman–Crippen LogP) is 4.69. The maximum Gasteiger partial charge on any atom is 0.274 e. The second kappa shape index (κ2) is 7.29. The molecule has 6 heteroatoms. The number of carbonyl (C=O) groups is 1. The second-order valence-electron chi connectivity index (χ2n) is 6.23. The molecule has 0 bridgehead atoms. The lowest BCUT2D eigenvalue weighted by molar-refractivity contribution is 0.102. The number of rotatable bonds is 4. The van der Waals surface area contributed by atoms with Crippen LogP contribution >= 0.6 is 11.6 Å². The van der Waals surface area contributed by atoms with Crippen molar-refractivity contribution in [3.8, 4) is 5.75 Å². The number of amides is 1. The van der Waals surface area contributed by atoms with E-state index < -0.39 is 0 Å². The molecule has 5 nitrogen and oxygen atoms in total. The minimum Gasteiger partial charge on any atom is -0.495 e. The van der Waals surface area contributed by atoms with Crippen molar-refractivity contribution in [2.24, 2.45) is 0 Å². The van der Waals surface area contributed by atoms with Gasteiger partial charge < -0.3 is 15.0 Å². The Morgan fingerprint density at radius 2 is 2.04 bits per heavy atom. The van der Waals surface area contributed by atoms with Gasteiger partial charge in [0, 0.05) is 29.1 Å². The van der Waals surface area contributed by atoms with Crippen molar-refractivity contribution in [2.45, 2.75) is 6.42 Å². The lowest BCUT2D eigenvalue weighted by Crippen LogP contribution is -2.17. The molecule has 2 heterocycles. The Hall–Kier alpha value is -3.05. The Morgan fingerprint density at radius 1 is 1.19 bits per heavy atom. The lowest BCUT2D eigenvalue weighted by atomic mass is 10.2. The molecule has 1 amide bonds. The van der Waals surface area contributed by atoms with Gasteiger partial charge in [-0.05, 0) is 48.4 Å². The summed E-state index contributed by atoms with van der Waals surface area (Å²) in [5, 5.41) is 3.34. The third-order valence-electron chi connectivity index (χ3n) is 4.58. The van der Waals surface area contributed by atoms with E-state index in [0.717, 1.165) is 18.7 Å². The number of nitrogens with one attached hydrogen (secondary N) is 1. The van der Waals surface area contributed by atoms with Gasteiger partial charge in [0.05, 0.1) is 12.8 Å². The molecule has 1 aromatic heterocycles. The largest absolute Gasteiger partial charge is 0.495 e. The maximum absolute atomic E-state index is 12.7. The zero-order valence-electron chi connectivity index (χ0n) is 14.8. The molecule has 0 spiro atoms. The molecule has 3 aromatic rings. The van der Waals surface area contributed by atoms with Crippen LogP contribution in [0.4, 0.5) is 17.1 Å². The van der Waals surface area contributed by atoms with Gasteiger partial charge in [-0.1, -0.05) is 29.8 Å². The molecular formula is C21H18ClN3O2. The number of pyridine rings is 1. The zero-order chi connectivity index (χ0) is 18.8. The van der Waals surface area contributed by atoms with Crippen LogP contribution in [-0.2, 0) is 6.42 Å². The minimum atomic E-state index is -0.315. The number of methoxy groups -OCH3 is 1. The summed E-state index contributed by atoms with van der Waals surface area (Å²) in [6.45, 7) is 0.881. The molecule has 2 aromatic carbocycles. The summed E-state index contributed by atoms with van der Waals surface area (Å²) >= 11 is 6.03. The van der Waals surface area contributed by atoms with Crippen molar-refractivity contribution >= 4 is 34.6 Å². The molecule has 1 N–H and O–H groups in total. The molecule has 0 aliphatic carbocycles. The number of aromatic nitrogens is 1. The first-order valence-electron chi connectivity index (χ1n) is 8.62. The van der Waals surface area contributed by atoms with Crippen molar-refractivity contribution in [3.05, 3.63) is 77.1 Å². The van der Waals surface area contributed by atoms with Gasteiger partial charge in [0.1, 0.15) is 11.4 Å². The molecule has 0 atom stereocenters. The number of carbonyl (C=O) groups excluding carboxylic acids is 1. The fraction of sp³-hybridized carbons (Fsp3) is 0.143. The minimum absolute atomic E-state index is 0.315. The van der Waals surface area contributed by atoms with Crippen LogP contribution in [0.1, 0.15) is 16.1 Å². The number of halogens is 1. The molecule has 4 rings (SSSR count). The van der Waals surface area contributed by atoms with E-state index in [4.69, 9.17) is 16.3 Å². The van der Waals surface area contributed by atoms with Crippen LogP contribution < -0.4 is 15.0 Å². The number of nitrogens with zero attached hydrogens (tertiary/aromatic N) is 2. The number of benzene rings is 2. The SMILES string of the molecule is COc1ccc(Cl)cc1NC(=O)c1cc(N2CCc3ccccc32)ccn1. The quantitative estimate of drug-likeness (QED) is 0.714. The van der Waals surface area contributed by atoms with Crippen molar-refractivity contribution in [2.75, 3.05) is 23.9 Å². The number of ether oxygens (including phenoxy) is 1. The first kappa shape index (κ1) is 17.4. The van der Waals surface area contributed by atoms with Gasteiger partial charge in [0.2, 0.25) is 0 Å². The van der Waals surface area contributed by atoms with Gasteiger partial charge in [0.25, 0.3) is 5.91 Å². The third kappa shape index (κ3) is 3.46. The summed E-state index contributed by atoms with van der Waals surface area (Å²) in [5.74, 6) is 0.224. The molecule has 0 saturated carbocycles. The Kier molecular flexibility index (Phi) is 4.69. The second-order valence-corrected chi connectivity index (χ2v) is 6.66.